The fraction of sp³-hybridized carbons (Fsp3) is 0.667. The first-order chi connectivity index (χ1) is 12.8. The maximum atomic E-state index is 12.4. The standard InChI is InChI=1S/C21H30N2O3/c24-20(6-3-16-7-10-22-14-16)23-15-21(8-1-2-9-21)17-4-5-18-19(13-17)26-12-11-25-18/h4-5,13,16,22H,1-3,6-12,14-15H2,(H,23,24). The summed E-state index contributed by atoms with van der Waals surface area (Å²) in [4.78, 5) is 12.4. The number of rotatable bonds is 6. The van der Waals surface area contributed by atoms with Crippen molar-refractivity contribution < 1.29 is 14.3 Å². The van der Waals surface area contributed by atoms with Crippen LogP contribution in [0, 0.1) is 5.92 Å². The molecule has 4 rings (SSSR count). The first-order valence-electron chi connectivity index (χ1n) is 10.1. The molecule has 2 heterocycles. The summed E-state index contributed by atoms with van der Waals surface area (Å²) in [6.45, 7) is 4.11. The van der Waals surface area contributed by atoms with Crippen molar-refractivity contribution in [3.8, 4) is 11.5 Å². The van der Waals surface area contributed by atoms with E-state index in [0.717, 1.165) is 50.4 Å². The van der Waals surface area contributed by atoms with Crippen LogP contribution in [0.2, 0.25) is 0 Å². The van der Waals surface area contributed by atoms with E-state index in [1.54, 1.807) is 0 Å². The molecule has 1 atom stereocenters. The van der Waals surface area contributed by atoms with Crippen LogP contribution in [-0.4, -0.2) is 38.8 Å². The van der Waals surface area contributed by atoms with Gasteiger partial charge in [0.25, 0.3) is 0 Å². The molecule has 0 spiro atoms. The monoisotopic (exact) mass is 358 g/mol. The van der Waals surface area contributed by atoms with Crippen molar-refractivity contribution in [2.24, 2.45) is 5.92 Å². The first-order valence-corrected chi connectivity index (χ1v) is 10.1. The predicted octanol–water partition coefficient (Wildman–Crippen LogP) is 2.78. The lowest BCUT2D eigenvalue weighted by atomic mass is 9.78. The molecule has 2 N–H and O–H groups in total. The Labute approximate surface area is 155 Å². The highest BCUT2D eigenvalue weighted by Crippen LogP contribution is 2.43. The minimum absolute atomic E-state index is 0.0421. The molecule has 2 fully saturated rings. The number of fused-ring (bicyclic) bond motifs is 1. The van der Waals surface area contributed by atoms with E-state index in [2.05, 4.69) is 22.8 Å². The second kappa shape index (κ2) is 7.87. The Morgan fingerprint density at radius 1 is 1.19 bits per heavy atom. The topological polar surface area (TPSA) is 59.6 Å². The van der Waals surface area contributed by atoms with E-state index in [4.69, 9.17) is 9.47 Å². The van der Waals surface area contributed by atoms with Crippen molar-refractivity contribution in [3.63, 3.8) is 0 Å². The number of carbonyl (C=O) groups excluding carboxylic acids is 1. The molecule has 1 aromatic rings. The van der Waals surface area contributed by atoms with Crippen LogP contribution in [0.3, 0.4) is 0 Å². The molecule has 1 unspecified atom stereocenters. The summed E-state index contributed by atoms with van der Waals surface area (Å²) >= 11 is 0. The molecular formula is C21H30N2O3. The van der Waals surface area contributed by atoms with Gasteiger partial charge in [0.05, 0.1) is 0 Å². The van der Waals surface area contributed by atoms with Gasteiger partial charge >= 0.3 is 0 Å². The zero-order valence-corrected chi connectivity index (χ0v) is 15.5. The van der Waals surface area contributed by atoms with Crippen LogP contribution >= 0.6 is 0 Å². The summed E-state index contributed by atoms with van der Waals surface area (Å²) in [5.74, 6) is 2.54. The molecule has 3 aliphatic rings. The molecule has 0 radical (unpaired) electrons. The summed E-state index contributed by atoms with van der Waals surface area (Å²) in [6, 6.07) is 6.32. The van der Waals surface area contributed by atoms with Crippen LogP contribution < -0.4 is 20.1 Å². The Morgan fingerprint density at radius 2 is 2.00 bits per heavy atom. The lowest BCUT2D eigenvalue weighted by Gasteiger charge is -2.31. The number of hydrogen-bond acceptors (Lipinski definition) is 4. The molecule has 1 saturated carbocycles. The van der Waals surface area contributed by atoms with Gasteiger partial charge in [0.2, 0.25) is 5.91 Å². The number of nitrogens with one attached hydrogen (secondary N) is 2. The maximum absolute atomic E-state index is 12.4. The molecule has 2 aliphatic heterocycles. The highest BCUT2D eigenvalue weighted by Gasteiger charge is 2.36. The fourth-order valence-electron chi connectivity index (χ4n) is 4.64. The van der Waals surface area contributed by atoms with Crippen molar-refractivity contribution in [2.45, 2.75) is 50.4 Å². The largest absolute Gasteiger partial charge is 0.486 e. The number of benzene rings is 1. The normalized spacial score (nSPS) is 23.8. The van der Waals surface area contributed by atoms with Gasteiger partial charge in [-0.25, -0.2) is 0 Å². The summed E-state index contributed by atoms with van der Waals surface area (Å²) < 4.78 is 11.4. The van der Waals surface area contributed by atoms with Crippen LogP contribution in [-0.2, 0) is 10.2 Å². The van der Waals surface area contributed by atoms with Gasteiger partial charge in [0.1, 0.15) is 13.2 Å². The second-order valence-corrected chi connectivity index (χ2v) is 8.02. The molecule has 26 heavy (non-hydrogen) atoms. The van der Waals surface area contributed by atoms with Crippen molar-refractivity contribution in [3.05, 3.63) is 23.8 Å². The van der Waals surface area contributed by atoms with Crippen LogP contribution in [0.5, 0.6) is 11.5 Å². The van der Waals surface area contributed by atoms with E-state index in [1.165, 1.54) is 24.8 Å². The zero-order valence-electron chi connectivity index (χ0n) is 15.5. The SMILES string of the molecule is O=C(CCC1CCNC1)NCC1(c2ccc3c(c2)OCCO3)CCCC1. The molecule has 5 heteroatoms. The van der Waals surface area contributed by atoms with Crippen LogP contribution in [0.1, 0.15) is 50.5 Å². The molecule has 1 amide bonds. The number of amides is 1. The fourth-order valence-corrected chi connectivity index (χ4v) is 4.64. The Hall–Kier alpha value is -1.75. The van der Waals surface area contributed by atoms with Gasteiger partial charge in [0, 0.05) is 18.4 Å². The molecule has 142 valence electrons. The molecule has 1 aromatic carbocycles. The highest BCUT2D eigenvalue weighted by molar-refractivity contribution is 5.76. The van der Waals surface area contributed by atoms with E-state index in [1.807, 2.05) is 6.07 Å². The molecule has 1 aliphatic carbocycles. The van der Waals surface area contributed by atoms with E-state index < -0.39 is 0 Å². The highest BCUT2D eigenvalue weighted by atomic mass is 16.6. The number of hydrogen-bond donors (Lipinski definition) is 2. The second-order valence-electron chi connectivity index (χ2n) is 8.02. The summed E-state index contributed by atoms with van der Waals surface area (Å²) in [5, 5.41) is 6.61. The minimum Gasteiger partial charge on any atom is -0.486 e. The predicted molar refractivity (Wildman–Crippen MR) is 101 cm³/mol. The van der Waals surface area contributed by atoms with E-state index in [0.29, 0.717) is 25.6 Å². The first kappa shape index (κ1) is 17.7. The smallest absolute Gasteiger partial charge is 0.220 e. The Balaban J connectivity index is 1.39. The van der Waals surface area contributed by atoms with E-state index in [9.17, 15) is 4.79 Å². The zero-order chi connectivity index (χ0) is 17.8. The van der Waals surface area contributed by atoms with Gasteiger partial charge in [-0.15, -0.1) is 0 Å². The minimum atomic E-state index is 0.0421. The number of carbonyl (C=O) groups is 1. The van der Waals surface area contributed by atoms with Gasteiger partial charge < -0.3 is 20.1 Å². The summed E-state index contributed by atoms with van der Waals surface area (Å²) in [7, 11) is 0. The Bertz CT molecular complexity index is 634. The van der Waals surface area contributed by atoms with E-state index in [-0.39, 0.29) is 11.3 Å². The average molecular weight is 358 g/mol. The molecule has 5 nitrogen and oxygen atoms in total. The van der Waals surface area contributed by atoms with Gasteiger partial charge in [0.15, 0.2) is 11.5 Å². The van der Waals surface area contributed by atoms with Gasteiger partial charge in [-0.2, -0.15) is 0 Å². The van der Waals surface area contributed by atoms with Crippen LogP contribution in [0.4, 0.5) is 0 Å². The van der Waals surface area contributed by atoms with Crippen LogP contribution in [0.15, 0.2) is 18.2 Å². The molecular weight excluding hydrogens is 328 g/mol. The Kier molecular flexibility index (Phi) is 5.34. The van der Waals surface area contributed by atoms with Crippen molar-refractivity contribution in [2.75, 3.05) is 32.8 Å². The molecule has 0 bridgehead atoms. The third kappa shape index (κ3) is 3.83. The van der Waals surface area contributed by atoms with E-state index >= 15 is 0 Å². The lowest BCUT2D eigenvalue weighted by Crippen LogP contribution is -2.39. The lowest BCUT2D eigenvalue weighted by molar-refractivity contribution is -0.121. The average Bonchev–Trinajstić information content (AvgIpc) is 3.37. The van der Waals surface area contributed by atoms with Gasteiger partial charge in [-0.3, -0.25) is 4.79 Å². The van der Waals surface area contributed by atoms with Crippen molar-refractivity contribution >= 4 is 5.91 Å². The van der Waals surface area contributed by atoms with Gasteiger partial charge in [-0.05, 0) is 62.4 Å². The Morgan fingerprint density at radius 3 is 2.77 bits per heavy atom. The molecule has 1 saturated heterocycles. The summed E-state index contributed by atoms with van der Waals surface area (Å²) in [5.41, 5.74) is 1.32. The molecule has 0 aromatic heterocycles. The number of ether oxygens (including phenoxy) is 2. The van der Waals surface area contributed by atoms with Gasteiger partial charge in [-0.1, -0.05) is 18.9 Å². The summed E-state index contributed by atoms with van der Waals surface area (Å²) in [6.07, 6.45) is 7.53. The third-order valence-electron chi connectivity index (χ3n) is 6.28. The van der Waals surface area contributed by atoms with Crippen molar-refractivity contribution in [1.82, 2.24) is 10.6 Å². The van der Waals surface area contributed by atoms with Crippen molar-refractivity contribution in [1.29, 1.82) is 0 Å². The quantitative estimate of drug-likeness (QED) is 0.821. The third-order valence-corrected chi connectivity index (χ3v) is 6.28. The maximum Gasteiger partial charge on any atom is 0.220 e. The van der Waals surface area contributed by atoms with Crippen LogP contribution in [0.25, 0.3) is 0 Å².